The predicted octanol–water partition coefficient (Wildman–Crippen LogP) is 0.423. The van der Waals surface area contributed by atoms with Crippen LogP contribution in [0.15, 0.2) is 11.1 Å². The SMILES string of the molecule is COC(=O)C1=C(C(=O)OC)CC1. The van der Waals surface area contributed by atoms with Gasteiger partial charge in [0.1, 0.15) is 0 Å². The molecule has 4 heteroatoms. The maximum Gasteiger partial charge on any atom is 0.334 e. The normalized spacial score (nSPS) is 15.2. The van der Waals surface area contributed by atoms with Crippen molar-refractivity contribution in [3.05, 3.63) is 11.1 Å². The molecule has 1 aliphatic rings. The topological polar surface area (TPSA) is 52.6 Å². The summed E-state index contributed by atoms with van der Waals surface area (Å²) in [6, 6.07) is 0. The first kappa shape index (κ1) is 8.77. The molecular weight excluding hydrogens is 160 g/mol. The van der Waals surface area contributed by atoms with Gasteiger partial charge < -0.3 is 9.47 Å². The zero-order valence-corrected chi connectivity index (χ0v) is 7.05. The van der Waals surface area contributed by atoms with E-state index in [4.69, 9.17) is 0 Å². The summed E-state index contributed by atoms with van der Waals surface area (Å²) in [4.78, 5) is 21.9. The molecule has 12 heavy (non-hydrogen) atoms. The Morgan fingerprint density at radius 2 is 1.33 bits per heavy atom. The van der Waals surface area contributed by atoms with Gasteiger partial charge in [-0.25, -0.2) is 9.59 Å². The number of methoxy groups -OCH3 is 2. The molecule has 0 unspecified atom stereocenters. The highest BCUT2D eigenvalue weighted by atomic mass is 16.5. The Balaban J connectivity index is 2.78. The molecule has 0 amide bonds. The fraction of sp³-hybridized carbons (Fsp3) is 0.500. The third kappa shape index (κ3) is 1.32. The summed E-state index contributed by atoms with van der Waals surface area (Å²) in [6.07, 6.45) is 1.22. The molecular formula is C8H10O4. The first-order valence-electron chi connectivity index (χ1n) is 3.59. The van der Waals surface area contributed by atoms with Crippen molar-refractivity contribution in [2.24, 2.45) is 0 Å². The van der Waals surface area contributed by atoms with E-state index in [1.807, 2.05) is 0 Å². The van der Waals surface area contributed by atoms with Gasteiger partial charge in [0.05, 0.1) is 14.2 Å². The van der Waals surface area contributed by atoms with Crippen LogP contribution in [0.1, 0.15) is 12.8 Å². The van der Waals surface area contributed by atoms with Crippen LogP contribution in [-0.2, 0) is 19.1 Å². The maximum absolute atomic E-state index is 10.9. The van der Waals surface area contributed by atoms with E-state index in [2.05, 4.69) is 9.47 Å². The largest absolute Gasteiger partial charge is 0.466 e. The van der Waals surface area contributed by atoms with Crippen LogP contribution in [0.25, 0.3) is 0 Å². The van der Waals surface area contributed by atoms with Crippen LogP contribution >= 0.6 is 0 Å². The molecule has 0 saturated carbocycles. The quantitative estimate of drug-likeness (QED) is 0.564. The van der Waals surface area contributed by atoms with E-state index >= 15 is 0 Å². The van der Waals surface area contributed by atoms with Gasteiger partial charge >= 0.3 is 11.9 Å². The molecule has 0 N–H and O–H groups in total. The Morgan fingerprint density at radius 3 is 1.50 bits per heavy atom. The molecule has 0 radical (unpaired) electrons. The molecule has 1 rings (SSSR count). The van der Waals surface area contributed by atoms with Gasteiger partial charge in [-0.2, -0.15) is 0 Å². The summed E-state index contributed by atoms with van der Waals surface area (Å²) >= 11 is 0. The van der Waals surface area contributed by atoms with Crippen molar-refractivity contribution in [1.82, 2.24) is 0 Å². The minimum atomic E-state index is -0.429. The number of hydrogen-bond donors (Lipinski definition) is 0. The molecule has 0 bridgehead atoms. The Morgan fingerprint density at radius 1 is 1.00 bits per heavy atom. The highest BCUT2D eigenvalue weighted by Crippen LogP contribution is 2.29. The second-order valence-electron chi connectivity index (χ2n) is 2.44. The summed E-state index contributed by atoms with van der Waals surface area (Å²) in [7, 11) is 2.59. The molecule has 4 nitrogen and oxygen atoms in total. The molecule has 66 valence electrons. The van der Waals surface area contributed by atoms with Crippen molar-refractivity contribution >= 4 is 11.9 Å². The van der Waals surface area contributed by atoms with Crippen LogP contribution in [-0.4, -0.2) is 26.2 Å². The third-order valence-corrected chi connectivity index (χ3v) is 1.85. The monoisotopic (exact) mass is 170 g/mol. The van der Waals surface area contributed by atoms with Crippen molar-refractivity contribution in [3.63, 3.8) is 0 Å². The van der Waals surface area contributed by atoms with Crippen molar-refractivity contribution in [2.45, 2.75) is 12.8 Å². The Kier molecular flexibility index (Phi) is 2.47. The lowest BCUT2D eigenvalue weighted by molar-refractivity contribution is -0.140. The first-order chi connectivity index (χ1) is 5.70. The lowest BCUT2D eigenvalue weighted by Gasteiger charge is -2.19. The number of carbonyl (C=O) groups excluding carboxylic acids is 2. The van der Waals surface area contributed by atoms with Gasteiger partial charge in [-0.05, 0) is 12.8 Å². The molecule has 0 aromatic carbocycles. The second kappa shape index (κ2) is 3.38. The Labute approximate surface area is 70.1 Å². The van der Waals surface area contributed by atoms with Gasteiger partial charge in [0.2, 0.25) is 0 Å². The fourth-order valence-electron chi connectivity index (χ4n) is 1.07. The lowest BCUT2D eigenvalue weighted by atomic mass is 9.88. The number of rotatable bonds is 2. The molecule has 0 atom stereocenters. The van der Waals surface area contributed by atoms with Crippen LogP contribution in [0.3, 0.4) is 0 Å². The van der Waals surface area contributed by atoms with Crippen LogP contribution in [0.5, 0.6) is 0 Å². The van der Waals surface area contributed by atoms with E-state index in [9.17, 15) is 9.59 Å². The van der Waals surface area contributed by atoms with Crippen LogP contribution < -0.4 is 0 Å². The average molecular weight is 170 g/mol. The molecule has 0 heterocycles. The van der Waals surface area contributed by atoms with E-state index in [1.165, 1.54) is 14.2 Å². The average Bonchev–Trinajstić information content (AvgIpc) is 2.02. The van der Waals surface area contributed by atoms with Crippen molar-refractivity contribution in [3.8, 4) is 0 Å². The molecule has 0 saturated heterocycles. The van der Waals surface area contributed by atoms with E-state index in [0.717, 1.165) is 0 Å². The molecule has 1 aliphatic carbocycles. The highest BCUT2D eigenvalue weighted by molar-refractivity contribution is 6.02. The standard InChI is InChI=1S/C8H10O4/c1-11-7(9)5-3-4-6(5)8(10)12-2/h3-4H2,1-2H3. The molecule has 0 aromatic heterocycles. The summed E-state index contributed by atoms with van der Waals surface area (Å²) in [5, 5.41) is 0. The zero-order chi connectivity index (χ0) is 9.14. The zero-order valence-electron chi connectivity index (χ0n) is 7.05. The van der Waals surface area contributed by atoms with Crippen molar-refractivity contribution in [2.75, 3.05) is 14.2 Å². The van der Waals surface area contributed by atoms with Crippen LogP contribution in [0.2, 0.25) is 0 Å². The van der Waals surface area contributed by atoms with Gasteiger partial charge in [0, 0.05) is 11.1 Å². The van der Waals surface area contributed by atoms with Gasteiger partial charge in [-0.1, -0.05) is 0 Å². The molecule has 0 aromatic rings. The number of hydrogen-bond acceptors (Lipinski definition) is 4. The molecule has 0 fully saturated rings. The Bertz CT molecular complexity index is 226. The van der Waals surface area contributed by atoms with Gasteiger partial charge in [-0.15, -0.1) is 0 Å². The first-order valence-corrected chi connectivity index (χ1v) is 3.59. The second-order valence-corrected chi connectivity index (χ2v) is 2.44. The minimum Gasteiger partial charge on any atom is -0.466 e. The van der Waals surface area contributed by atoms with E-state index in [-0.39, 0.29) is 0 Å². The van der Waals surface area contributed by atoms with E-state index in [0.29, 0.717) is 24.0 Å². The third-order valence-electron chi connectivity index (χ3n) is 1.85. The number of ether oxygens (including phenoxy) is 2. The smallest absolute Gasteiger partial charge is 0.334 e. The van der Waals surface area contributed by atoms with Crippen LogP contribution in [0.4, 0.5) is 0 Å². The van der Waals surface area contributed by atoms with Crippen molar-refractivity contribution in [1.29, 1.82) is 0 Å². The maximum atomic E-state index is 10.9. The van der Waals surface area contributed by atoms with E-state index < -0.39 is 11.9 Å². The molecule has 0 spiro atoms. The van der Waals surface area contributed by atoms with Gasteiger partial charge in [-0.3, -0.25) is 0 Å². The minimum absolute atomic E-state index is 0.429. The molecule has 0 aliphatic heterocycles. The summed E-state index contributed by atoms with van der Waals surface area (Å²) < 4.78 is 8.95. The summed E-state index contributed by atoms with van der Waals surface area (Å²) in [5.74, 6) is -0.858. The number of carbonyl (C=O) groups is 2. The van der Waals surface area contributed by atoms with Gasteiger partial charge in [0.15, 0.2) is 0 Å². The lowest BCUT2D eigenvalue weighted by Crippen LogP contribution is -2.21. The van der Waals surface area contributed by atoms with Crippen molar-refractivity contribution < 1.29 is 19.1 Å². The van der Waals surface area contributed by atoms with E-state index in [1.54, 1.807) is 0 Å². The predicted molar refractivity (Wildman–Crippen MR) is 40.3 cm³/mol. The van der Waals surface area contributed by atoms with Crippen LogP contribution in [0, 0.1) is 0 Å². The highest BCUT2D eigenvalue weighted by Gasteiger charge is 2.29. The summed E-state index contributed by atoms with van der Waals surface area (Å²) in [5.41, 5.74) is 0.897. The van der Waals surface area contributed by atoms with Gasteiger partial charge in [0.25, 0.3) is 0 Å². The summed E-state index contributed by atoms with van der Waals surface area (Å²) in [6.45, 7) is 0. The number of esters is 2. The fourth-order valence-corrected chi connectivity index (χ4v) is 1.07. The Hall–Kier alpha value is -1.32.